The normalized spacial score (nSPS) is 11.5. The summed E-state index contributed by atoms with van der Waals surface area (Å²) in [5, 5.41) is 1.60. The number of nitrogen functional groups attached to an aromatic ring is 1. The minimum absolute atomic E-state index is 0.0658. The van der Waals surface area contributed by atoms with Crippen molar-refractivity contribution in [3.63, 3.8) is 0 Å². The summed E-state index contributed by atoms with van der Waals surface area (Å²) in [6, 6.07) is 1.31. The van der Waals surface area contributed by atoms with Gasteiger partial charge >= 0.3 is 12.1 Å². The predicted octanol–water partition coefficient (Wildman–Crippen LogP) is 1.49. The molecule has 6 nitrogen and oxygen atoms in total. The molecule has 1 aromatic heterocycles. The maximum Gasteiger partial charge on any atom is 0.405 e. The fourth-order valence-electron chi connectivity index (χ4n) is 1.55. The second-order valence-corrected chi connectivity index (χ2v) is 4.63. The van der Waals surface area contributed by atoms with Crippen LogP contribution >= 0.6 is 0 Å². The molecule has 0 atom stereocenters. The van der Waals surface area contributed by atoms with Crippen molar-refractivity contribution in [3.8, 4) is 0 Å². The third kappa shape index (κ3) is 5.36. The lowest BCUT2D eigenvalue weighted by atomic mass is 10.3. The largest absolute Gasteiger partial charge is 0.451 e. The highest BCUT2D eigenvalue weighted by Gasteiger charge is 2.28. The van der Waals surface area contributed by atoms with Gasteiger partial charge in [-0.1, -0.05) is 0 Å². The van der Waals surface area contributed by atoms with Gasteiger partial charge in [0.1, 0.15) is 12.2 Å². The fraction of sp³-hybridized carbons (Fsp3) is 0.500. The van der Waals surface area contributed by atoms with E-state index >= 15 is 0 Å². The van der Waals surface area contributed by atoms with Crippen molar-refractivity contribution in [1.29, 1.82) is 0 Å². The highest BCUT2D eigenvalue weighted by molar-refractivity contribution is 5.91. The van der Waals surface area contributed by atoms with Crippen molar-refractivity contribution in [3.05, 3.63) is 18.0 Å². The molecule has 0 aliphatic carbocycles. The second-order valence-electron chi connectivity index (χ2n) is 4.63. The lowest BCUT2D eigenvalue weighted by molar-refractivity contribution is -0.140. The average Bonchev–Trinajstić information content (AvgIpc) is 2.75. The van der Waals surface area contributed by atoms with Crippen molar-refractivity contribution in [2.24, 2.45) is 0 Å². The number of amides is 1. The molecule has 0 spiro atoms. The predicted molar refractivity (Wildman–Crippen MR) is 68.6 cm³/mol. The van der Waals surface area contributed by atoms with Crippen LogP contribution in [0.15, 0.2) is 12.3 Å². The van der Waals surface area contributed by atoms with Crippen molar-refractivity contribution < 1.29 is 27.5 Å². The van der Waals surface area contributed by atoms with E-state index in [0.717, 1.165) is 0 Å². The minimum Gasteiger partial charge on any atom is -0.451 e. The first kappa shape index (κ1) is 16.9. The number of rotatable bonds is 5. The number of esters is 1. The molecule has 9 heteroatoms. The van der Waals surface area contributed by atoms with Crippen LogP contribution in [0.2, 0.25) is 0 Å². The molecule has 0 fully saturated rings. The van der Waals surface area contributed by atoms with Crippen molar-refractivity contribution >= 4 is 17.6 Å². The summed E-state index contributed by atoms with van der Waals surface area (Å²) < 4.78 is 41.9. The van der Waals surface area contributed by atoms with Gasteiger partial charge in [-0.15, -0.1) is 0 Å². The molecule has 1 rings (SSSR count). The summed E-state index contributed by atoms with van der Waals surface area (Å²) in [5.74, 6) is -1.86. The van der Waals surface area contributed by atoms with Gasteiger partial charge in [0.05, 0.1) is 5.69 Å². The SMILES string of the molecule is CC(C)n1cc(N)cc1C(=O)OCC(=O)NCC(F)(F)F. The summed E-state index contributed by atoms with van der Waals surface area (Å²) >= 11 is 0. The number of hydrogen-bond acceptors (Lipinski definition) is 4. The summed E-state index contributed by atoms with van der Waals surface area (Å²) in [7, 11) is 0. The number of alkyl halides is 3. The molecule has 0 saturated heterocycles. The zero-order valence-electron chi connectivity index (χ0n) is 11.5. The minimum atomic E-state index is -4.51. The molecule has 1 amide bonds. The molecule has 1 heterocycles. The zero-order valence-corrected chi connectivity index (χ0v) is 11.5. The first-order chi connectivity index (χ1) is 9.60. The van der Waals surface area contributed by atoms with Crippen LogP contribution in [0.3, 0.4) is 0 Å². The Morgan fingerprint density at radius 3 is 2.57 bits per heavy atom. The van der Waals surface area contributed by atoms with E-state index in [1.54, 1.807) is 9.88 Å². The van der Waals surface area contributed by atoms with Gasteiger partial charge in [0.15, 0.2) is 6.61 Å². The summed E-state index contributed by atoms with van der Waals surface area (Å²) in [6.07, 6.45) is -2.98. The second kappa shape index (κ2) is 6.51. The average molecular weight is 307 g/mol. The topological polar surface area (TPSA) is 86.3 Å². The lowest BCUT2D eigenvalue weighted by Gasteiger charge is -2.12. The van der Waals surface area contributed by atoms with Crippen LogP contribution in [0.25, 0.3) is 0 Å². The summed E-state index contributed by atoms with van der Waals surface area (Å²) in [6.45, 7) is 1.36. The van der Waals surface area contributed by atoms with Crippen LogP contribution in [-0.2, 0) is 9.53 Å². The maximum atomic E-state index is 11.9. The van der Waals surface area contributed by atoms with Crippen molar-refractivity contribution in [2.45, 2.75) is 26.1 Å². The highest BCUT2D eigenvalue weighted by Crippen LogP contribution is 2.17. The van der Waals surface area contributed by atoms with Crippen LogP contribution in [-0.4, -0.2) is 35.8 Å². The van der Waals surface area contributed by atoms with E-state index in [1.165, 1.54) is 12.3 Å². The first-order valence-electron chi connectivity index (χ1n) is 6.08. The number of ether oxygens (including phenoxy) is 1. The Labute approximate surface area is 119 Å². The molecule has 3 N–H and O–H groups in total. The zero-order chi connectivity index (χ0) is 16.2. The fourth-order valence-corrected chi connectivity index (χ4v) is 1.55. The molecule has 0 radical (unpaired) electrons. The summed E-state index contributed by atoms with van der Waals surface area (Å²) in [5.41, 5.74) is 6.05. The molecular weight excluding hydrogens is 291 g/mol. The van der Waals surface area contributed by atoms with Crippen LogP contribution in [0.4, 0.5) is 18.9 Å². The van der Waals surface area contributed by atoms with E-state index in [0.29, 0.717) is 5.69 Å². The molecule has 0 aliphatic rings. The quantitative estimate of drug-likeness (QED) is 0.807. The first-order valence-corrected chi connectivity index (χ1v) is 6.08. The molecular formula is C12H16F3N3O3. The Morgan fingerprint density at radius 2 is 2.05 bits per heavy atom. The van der Waals surface area contributed by atoms with Crippen LogP contribution in [0.5, 0.6) is 0 Å². The Hall–Kier alpha value is -2.19. The number of hydrogen-bond donors (Lipinski definition) is 2. The number of aromatic nitrogens is 1. The Balaban J connectivity index is 2.56. The van der Waals surface area contributed by atoms with Crippen LogP contribution in [0, 0.1) is 0 Å². The van der Waals surface area contributed by atoms with E-state index in [9.17, 15) is 22.8 Å². The van der Waals surface area contributed by atoms with Gasteiger partial charge in [0.25, 0.3) is 5.91 Å². The Bertz CT molecular complexity index is 524. The molecule has 0 aromatic carbocycles. The van der Waals surface area contributed by atoms with E-state index < -0.39 is 31.2 Å². The van der Waals surface area contributed by atoms with E-state index in [-0.39, 0.29) is 11.7 Å². The number of nitrogens with zero attached hydrogens (tertiary/aromatic N) is 1. The van der Waals surface area contributed by atoms with E-state index in [2.05, 4.69) is 4.74 Å². The van der Waals surface area contributed by atoms with Gasteiger partial charge in [-0.05, 0) is 19.9 Å². The third-order valence-electron chi connectivity index (χ3n) is 2.46. The molecule has 0 unspecified atom stereocenters. The Morgan fingerprint density at radius 1 is 1.43 bits per heavy atom. The van der Waals surface area contributed by atoms with Crippen LogP contribution < -0.4 is 11.1 Å². The number of carbonyl (C=O) groups excluding carboxylic acids is 2. The van der Waals surface area contributed by atoms with E-state index in [4.69, 9.17) is 5.73 Å². The van der Waals surface area contributed by atoms with Gasteiger partial charge < -0.3 is 20.4 Å². The number of anilines is 1. The molecule has 21 heavy (non-hydrogen) atoms. The summed E-state index contributed by atoms with van der Waals surface area (Å²) in [4.78, 5) is 22.9. The molecule has 118 valence electrons. The van der Waals surface area contributed by atoms with Gasteiger partial charge in [-0.3, -0.25) is 4.79 Å². The van der Waals surface area contributed by atoms with Crippen LogP contribution in [0.1, 0.15) is 30.4 Å². The van der Waals surface area contributed by atoms with Crippen molar-refractivity contribution in [2.75, 3.05) is 18.9 Å². The Kier molecular flexibility index (Phi) is 5.23. The van der Waals surface area contributed by atoms with E-state index in [1.807, 2.05) is 13.8 Å². The van der Waals surface area contributed by atoms with Gasteiger partial charge in [0.2, 0.25) is 0 Å². The maximum absolute atomic E-state index is 11.9. The molecule has 0 saturated carbocycles. The number of carbonyl (C=O) groups is 2. The number of nitrogens with two attached hydrogens (primary N) is 1. The van der Waals surface area contributed by atoms with Gasteiger partial charge in [0, 0.05) is 12.2 Å². The molecule has 1 aromatic rings. The monoisotopic (exact) mass is 307 g/mol. The van der Waals surface area contributed by atoms with Crippen molar-refractivity contribution in [1.82, 2.24) is 9.88 Å². The molecule has 0 bridgehead atoms. The third-order valence-corrected chi connectivity index (χ3v) is 2.46. The number of halogens is 3. The molecule has 0 aliphatic heterocycles. The standard InChI is InChI=1S/C12H16F3N3O3/c1-7(2)18-4-8(16)3-9(18)11(20)21-5-10(19)17-6-12(13,14)15/h3-4,7H,5-6,16H2,1-2H3,(H,17,19). The number of nitrogens with one attached hydrogen (secondary N) is 1. The smallest absolute Gasteiger partial charge is 0.405 e. The highest BCUT2D eigenvalue weighted by atomic mass is 19.4. The van der Waals surface area contributed by atoms with Gasteiger partial charge in [-0.25, -0.2) is 4.79 Å². The lowest BCUT2D eigenvalue weighted by Crippen LogP contribution is -2.36. The van der Waals surface area contributed by atoms with Gasteiger partial charge in [-0.2, -0.15) is 13.2 Å².